The first-order valence-corrected chi connectivity index (χ1v) is 14.9. The number of nitrogens with zero attached hydrogens (tertiary/aromatic N) is 1. The van der Waals surface area contributed by atoms with Crippen LogP contribution < -0.4 is 0 Å². The van der Waals surface area contributed by atoms with Gasteiger partial charge in [0.15, 0.2) is 0 Å². The van der Waals surface area contributed by atoms with Crippen molar-refractivity contribution >= 4 is 13.2 Å². The molecule has 206 valence electrons. The molecule has 2 aromatic rings. The third kappa shape index (κ3) is 9.00. The second-order valence-electron chi connectivity index (χ2n) is 8.44. The second kappa shape index (κ2) is 16.7. The summed E-state index contributed by atoms with van der Waals surface area (Å²) < 4.78 is 43.7. The van der Waals surface area contributed by atoms with E-state index in [0.717, 1.165) is 45.6 Å². The fourth-order valence-electron chi connectivity index (χ4n) is 3.94. The number of halogens is 1. The van der Waals surface area contributed by atoms with Crippen molar-refractivity contribution in [2.24, 2.45) is 0 Å². The number of rotatable bonds is 8. The zero-order valence-electron chi connectivity index (χ0n) is 23.9. The summed E-state index contributed by atoms with van der Waals surface area (Å²) in [5.74, 6) is -0.194. The van der Waals surface area contributed by atoms with Crippen molar-refractivity contribution in [3.05, 3.63) is 71.3 Å². The molecule has 1 aromatic heterocycles. The Balaban J connectivity index is 0.00000104. The summed E-state index contributed by atoms with van der Waals surface area (Å²) >= 11 is 0. The molecule has 0 amide bonds. The Morgan fingerprint density at radius 2 is 1.81 bits per heavy atom. The topological polar surface area (TPSA) is 57.7 Å². The molecule has 5 nitrogen and oxygen atoms in total. The second-order valence-corrected chi connectivity index (χ2v) is 10.6. The number of benzene rings is 1. The number of fused-ring (bicyclic) bond motifs is 1. The van der Waals surface area contributed by atoms with Crippen LogP contribution in [0, 0.1) is 5.82 Å². The molecule has 1 aliphatic heterocycles. The lowest BCUT2D eigenvalue weighted by Crippen LogP contribution is -2.12. The minimum atomic E-state index is -3.39. The molecular weight excluding hydrogens is 488 g/mol. The fraction of sp³-hybridized carbons (Fsp3) is 0.500. The van der Waals surface area contributed by atoms with E-state index in [4.69, 9.17) is 18.8 Å². The van der Waals surface area contributed by atoms with E-state index < -0.39 is 7.60 Å². The molecule has 0 saturated heterocycles. The molecule has 2 heterocycles. The highest BCUT2D eigenvalue weighted by Crippen LogP contribution is 2.53. The van der Waals surface area contributed by atoms with Gasteiger partial charge in [0.2, 0.25) is 0 Å². The highest BCUT2D eigenvalue weighted by molar-refractivity contribution is 7.53. The maximum absolute atomic E-state index is 13.7. The van der Waals surface area contributed by atoms with Gasteiger partial charge in [0.25, 0.3) is 0 Å². The first-order chi connectivity index (χ1) is 17.7. The van der Waals surface area contributed by atoms with Crippen LogP contribution in [0.15, 0.2) is 43.0 Å². The molecule has 0 saturated carbocycles. The Labute approximate surface area is 223 Å². The van der Waals surface area contributed by atoms with Crippen LogP contribution in [-0.2, 0) is 30.9 Å². The van der Waals surface area contributed by atoms with Gasteiger partial charge in [-0.2, -0.15) is 0 Å². The summed E-state index contributed by atoms with van der Waals surface area (Å²) in [6, 6.07) is 6.38. The molecule has 0 aliphatic carbocycles. The molecule has 37 heavy (non-hydrogen) atoms. The van der Waals surface area contributed by atoms with Crippen molar-refractivity contribution in [3.8, 4) is 11.1 Å². The Bertz CT molecular complexity index is 1060. The van der Waals surface area contributed by atoms with E-state index in [1.54, 1.807) is 19.1 Å². The van der Waals surface area contributed by atoms with Gasteiger partial charge >= 0.3 is 7.60 Å². The van der Waals surface area contributed by atoms with Gasteiger partial charge in [0, 0.05) is 12.8 Å². The van der Waals surface area contributed by atoms with Gasteiger partial charge < -0.3 is 13.8 Å². The molecule has 0 radical (unpaired) electrons. The van der Waals surface area contributed by atoms with Crippen molar-refractivity contribution in [3.63, 3.8) is 0 Å². The van der Waals surface area contributed by atoms with E-state index in [9.17, 15) is 8.96 Å². The van der Waals surface area contributed by atoms with Crippen LogP contribution in [0.25, 0.3) is 16.7 Å². The Kier molecular flexibility index (Phi) is 14.8. The van der Waals surface area contributed by atoms with Crippen LogP contribution in [0.2, 0.25) is 0 Å². The first-order valence-electron chi connectivity index (χ1n) is 13.2. The smallest absolute Gasteiger partial charge is 0.334 e. The van der Waals surface area contributed by atoms with E-state index in [1.165, 1.54) is 19.2 Å². The van der Waals surface area contributed by atoms with Crippen LogP contribution in [0.5, 0.6) is 0 Å². The first kappa shape index (κ1) is 32.9. The summed E-state index contributed by atoms with van der Waals surface area (Å²) in [6.07, 6.45) is 5.58. The summed E-state index contributed by atoms with van der Waals surface area (Å²) in [5.41, 5.74) is 6.03. The highest BCUT2D eigenvalue weighted by atomic mass is 31.2. The molecule has 2 atom stereocenters. The van der Waals surface area contributed by atoms with Crippen LogP contribution in [-0.4, -0.2) is 31.9 Å². The SMILES string of the molecule is C/C=C\C.C=C1COCCc2c1nc(C(C)CC)c(CP(=O)(OC)OCC)c2-c1ccc(F)cc1.CC. The van der Waals surface area contributed by atoms with Crippen molar-refractivity contribution < 1.29 is 22.7 Å². The van der Waals surface area contributed by atoms with E-state index in [-0.39, 0.29) is 24.5 Å². The zero-order chi connectivity index (χ0) is 28.0. The number of hydrogen-bond donors (Lipinski definition) is 0. The zero-order valence-corrected chi connectivity index (χ0v) is 24.8. The van der Waals surface area contributed by atoms with Crippen LogP contribution >= 0.6 is 7.60 Å². The van der Waals surface area contributed by atoms with Gasteiger partial charge in [-0.1, -0.05) is 58.6 Å². The molecule has 1 aliphatic rings. The van der Waals surface area contributed by atoms with E-state index in [2.05, 4.69) is 20.4 Å². The molecule has 0 fully saturated rings. The molecule has 0 N–H and O–H groups in total. The number of hydrogen-bond acceptors (Lipinski definition) is 5. The lowest BCUT2D eigenvalue weighted by Gasteiger charge is -2.25. The van der Waals surface area contributed by atoms with Gasteiger partial charge in [-0.3, -0.25) is 9.55 Å². The normalized spacial score (nSPS) is 15.4. The minimum Gasteiger partial charge on any atom is -0.376 e. The monoisotopic (exact) mass is 533 g/mol. The largest absolute Gasteiger partial charge is 0.376 e. The van der Waals surface area contributed by atoms with Gasteiger partial charge in [-0.25, -0.2) is 4.39 Å². The third-order valence-corrected chi connectivity index (χ3v) is 7.95. The van der Waals surface area contributed by atoms with Crippen LogP contribution in [0.4, 0.5) is 4.39 Å². The number of aromatic nitrogens is 1. The van der Waals surface area contributed by atoms with Gasteiger partial charge in [-0.15, -0.1) is 0 Å². The minimum absolute atomic E-state index is 0.0946. The predicted octanol–water partition coefficient (Wildman–Crippen LogP) is 8.97. The molecule has 3 rings (SSSR count). The van der Waals surface area contributed by atoms with Gasteiger partial charge in [0.05, 0.1) is 31.7 Å². The summed E-state index contributed by atoms with van der Waals surface area (Å²) in [4.78, 5) is 5.02. The standard InChI is InChI=1S/C24H31FNO4P.C4H8.C2H6/c1-6-16(3)23-21(15-31(27,28-5)30-7-2)22(18-8-10-19(25)11-9-18)20-12-13-29-14-17(4)24(20)26-23;1-3-4-2;1-2/h8-11,16H,4,6-7,12-15H2,1-3,5H3;3-4H,1-2H3;1-2H3/b;4-3-;. The Hall–Kier alpha value is -2.11. The third-order valence-electron chi connectivity index (χ3n) is 6.04. The van der Waals surface area contributed by atoms with E-state index >= 15 is 0 Å². The average molecular weight is 534 g/mol. The molecule has 2 unspecified atom stereocenters. The molecular formula is C30H45FNO4P. The lowest BCUT2D eigenvalue weighted by molar-refractivity contribution is 0.174. The van der Waals surface area contributed by atoms with Crippen molar-refractivity contribution in [1.82, 2.24) is 4.98 Å². The maximum atomic E-state index is 13.7. The quantitative estimate of drug-likeness (QED) is 0.250. The number of pyridine rings is 1. The molecule has 1 aromatic carbocycles. The highest BCUT2D eigenvalue weighted by Gasteiger charge is 2.32. The average Bonchev–Trinajstić information content (AvgIpc) is 3.10. The summed E-state index contributed by atoms with van der Waals surface area (Å²) in [6.45, 7) is 19.4. The molecule has 0 bridgehead atoms. The number of allylic oxidation sites excluding steroid dienone is 2. The van der Waals surface area contributed by atoms with Crippen molar-refractivity contribution in [1.29, 1.82) is 0 Å². The van der Waals surface area contributed by atoms with Gasteiger partial charge in [-0.05, 0) is 79.5 Å². The Morgan fingerprint density at radius 3 is 2.32 bits per heavy atom. The summed E-state index contributed by atoms with van der Waals surface area (Å²) in [7, 11) is -1.98. The van der Waals surface area contributed by atoms with Crippen LogP contribution in [0.1, 0.15) is 83.3 Å². The van der Waals surface area contributed by atoms with Crippen LogP contribution in [0.3, 0.4) is 0 Å². The van der Waals surface area contributed by atoms with Crippen molar-refractivity contribution in [2.75, 3.05) is 26.9 Å². The summed E-state index contributed by atoms with van der Waals surface area (Å²) in [5, 5.41) is 0. The van der Waals surface area contributed by atoms with Crippen molar-refractivity contribution in [2.45, 2.75) is 73.4 Å². The Morgan fingerprint density at radius 1 is 1.19 bits per heavy atom. The lowest BCUT2D eigenvalue weighted by atomic mass is 9.87. The fourth-order valence-corrected chi connectivity index (χ4v) is 5.36. The predicted molar refractivity (Wildman–Crippen MR) is 154 cm³/mol. The molecule has 0 spiro atoms. The van der Waals surface area contributed by atoms with E-state index in [0.29, 0.717) is 19.6 Å². The maximum Gasteiger partial charge on any atom is 0.334 e. The van der Waals surface area contributed by atoms with Gasteiger partial charge in [0.1, 0.15) is 5.82 Å². The number of ether oxygens (including phenoxy) is 1. The van der Waals surface area contributed by atoms with E-state index in [1.807, 2.05) is 39.8 Å². The molecule has 7 heteroatoms.